The fourth-order valence-corrected chi connectivity index (χ4v) is 5.05. The van der Waals surface area contributed by atoms with Crippen molar-refractivity contribution < 1.29 is 14.2 Å². The molecule has 0 N–H and O–H groups in total. The fourth-order valence-electron chi connectivity index (χ4n) is 4.37. The number of fused-ring (bicyclic) bond motifs is 1. The first-order valence-electron chi connectivity index (χ1n) is 13.2. The highest BCUT2D eigenvalue weighted by atomic mass is 32.2. The molecule has 0 bridgehead atoms. The second-order valence-corrected chi connectivity index (χ2v) is 10.5. The first-order chi connectivity index (χ1) is 18.2. The van der Waals surface area contributed by atoms with Gasteiger partial charge < -0.3 is 14.2 Å². The molecule has 0 heterocycles. The summed E-state index contributed by atoms with van der Waals surface area (Å²) in [6, 6.07) is 25.5. The van der Waals surface area contributed by atoms with Gasteiger partial charge in [-0.05, 0) is 66.2 Å². The molecule has 4 heteroatoms. The van der Waals surface area contributed by atoms with Crippen LogP contribution in [0.15, 0.2) is 79.4 Å². The summed E-state index contributed by atoms with van der Waals surface area (Å²) in [6.07, 6.45) is 5.28. The number of thioether (sulfide) groups is 1. The summed E-state index contributed by atoms with van der Waals surface area (Å²) >= 11 is 1.86. The van der Waals surface area contributed by atoms with Crippen molar-refractivity contribution in [2.45, 2.75) is 26.2 Å². The number of allylic oxidation sites excluding steroid dienone is 1. The molecule has 0 aromatic heterocycles. The van der Waals surface area contributed by atoms with Crippen molar-refractivity contribution in [3.8, 4) is 5.75 Å². The third-order valence-corrected chi connectivity index (χ3v) is 7.43. The van der Waals surface area contributed by atoms with Gasteiger partial charge in [0.05, 0.1) is 26.4 Å². The molecule has 0 amide bonds. The van der Waals surface area contributed by atoms with Gasteiger partial charge in [-0.3, -0.25) is 0 Å². The maximum atomic E-state index is 6.13. The molecule has 0 atom stereocenters. The lowest BCUT2D eigenvalue weighted by Gasteiger charge is -2.20. The predicted molar refractivity (Wildman–Crippen MR) is 158 cm³/mol. The van der Waals surface area contributed by atoms with E-state index in [0.717, 1.165) is 55.3 Å². The summed E-state index contributed by atoms with van der Waals surface area (Å²) in [6.45, 7) is 9.63. The zero-order chi connectivity index (χ0) is 25.7. The largest absolute Gasteiger partial charge is 0.491 e. The molecule has 3 nitrogen and oxygen atoms in total. The maximum absolute atomic E-state index is 6.13. The molecule has 0 saturated carbocycles. The lowest BCUT2D eigenvalue weighted by Crippen LogP contribution is -2.10. The van der Waals surface area contributed by atoms with Gasteiger partial charge in [-0.2, -0.15) is 11.8 Å². The Hall–Kier alpha value is -2.79. The quantitative estimate of drug-likeness (QED) is 0.194. The summed E-state index contributed by atoms with van der Waals surface area (Å²) in [4.78, 5) is 0. The Morgan fingerprint density at radius 3 is 2.32 bits per heavy atom. The zero-order valence-corrected chi connectivity index (χ0v) is 22.7. The third-order valence-electron chi connectivity index (χ3n) is 6.52. The van der Waals surface area contributed by atoms with Crippen LogP contribution in [0.2, 0.25) is 0 Å². The van der Waals surface area contributed by atoms with Crippen LogP contribution < -0.4 is 4.74 Å². The van der Waals surface area contributed by atoms with Gasteiger partial charge in [-0.1, -0.05) is 78.9 Å². The Balaban J connectivity index is 1.08. The Morgan fingerprint density at radius 1 is 0.784 bits per heavy atom. The highest BCUT2D eigenvalue weighted by Gasteiger charge is 2.15. The van der Waals surface area contributed by atoms with Crippen molar-refractivity contribution in [1.82, 2.24) is 0 Å². The van der Waals surface area contributed by atoms with Gasteiger partial charge in [-0.25, -0.2) is 0 Å². The average Bonchev–Trinajstić information content (AvgIpc) is 2.94. The number of aryl methyl sites for hydroxylation is 2. The van der Waals surface area contributed by atoms with E-state index in [-0.39, 0.29) is 0 Å². The molecular weight excluding hydrogens is 476 g/mol. The van der Waals surface area contributed by atoms with E-state index in [4.69, 9.17) is 14.2 Å². The lowest BCUT2D eigenvalue weighted by atomic mass is 9.88. The molecule has 3 aromatic carbocycles. The van der Waals surface area contributed by atoms with Crippen molar-refractivity contribution in [3.63, 3.8) is 0 Å². The van der Waals surface area contributed by atoms with Crippen LogP contribution in [-0.2, 0) is 15.9 Å². The molecule has 37 heavy (non-hydrogen) atoms. The molecule has 3 aromatic rings. The van der Waals surface area contributed by atoms with Crippen LogP contribution in [0.25, 0.3) is 17.2 Å². The SMILES string of the molecule is C=C(CCOCCSCCOCCOc1cccc2c1C=C(c1ccc(C)cc1)CC2)c1ccccc1. The number of rotatable bonds is 15. The van der Waals surface area contributed by atoms with E-state index >= 15 is 0 Å². The van der Waals surface area contributed by atoms with Crippen molar-refractivity contribution in [3.05, 3.63) is 107 Å². The van der Waals surface area contributed by atoms with E-state index in [0.29, 0.717) is 19.8 Å². The van der Waals surface area contributed by atoms with E-state index in [9.17, 15) is 0 Å². The van der Waals surface area contributed by atoms with Gasteiger partial charge in [-0.15, -0.1) is 0 Å². The highest BCUT2D eigenvalue weighted by molar-refractivity contribution is 7.99. The summed E-state index contributed by atoms with van der Waals surface area (Å²) in [5.41, 5.74) is 8.86. The second-order valence-electron chi connectivity index (χ2n) is 9.27. The molecule has 0 aliphatic heterocycles. The van der Waals surface area contributed by atoms with Gasteiger partial charge in [0.1, 0.15) is 12.4 Å². The number of hydrogen-bond acceptors (Lipinski definition) is 4. The Bertz CT molecular complexity index is 1150. The summed E-state index contributed by atoms with van der Waals surface area (Å²) in [5.74, 6) is 2.89. The molecular formula is C33H38O3S. The van der Waals surface area contributed by atoms with Gasteiger partial charge in [0.15, 0.2) is 0 Å². The van der Waals surface area contributed by atoms with E-state index < -0.39 is 0 Å². The molecule has 1 aliphatic carbocycles. The third kappa shape index (κ3) is 8.63. The van der Waals surface area contributed by atoms with Crippen molar-refractivity contribution in [2.75, 3.05) is 44.5 Å². The van der Waals surface area contributed by atoms with Crippen LogP contribution in [0.1, 0.15) is 40.7 Å². The second kappa shape index (κ2) is 14.8. The van der Waals surface area contributed by atoms with Crippen molar-refractivity contribution >= 4 is 29.0 Å². The summed E-state index contributed by atoms with van der Waals surface area (Å²) in [5, 5.41) is 0. The average molecular weight is 515 g/mol. The standard InChI is InChI=1S/C33H38O3S/c1-26-11-13-29(14-12-26)31-16-15-30-9-6-10-33(32(30)25-31)36-20-19-35-22-24-37-23-21-34-18-17-27(2)28-7-4-3-5-8-28/h3-14,25H,2,15-24H2,1H3. The molecule has 194 valence electrons. The molecule has 0 radical (unpaired) electrons. The van der Waals surface area contributed by atoms with Gasteiger partial charge in [0.2, 0.25) is 0 Å². The van der Waals surface area contributed by atoms with E-state index in [1.807, 2.05) is 30.0 Å². The first kappa shape index (κ1) is 27.3. The normalized spacial score (nSPS) is 12.6. The Labute approximate surface area is 226 Å². The topological polar surface area (TPSA) is 27.7 Å². The van der Waals surface area contributed by atoms with Crippen LogP contribution in [0, 0.1) is 6.92 Å². The minimum absolute atomic E-state index is 0.559. The Morgan fingerprint density at radius 2 is 1.54 bits per heavy atom. The number of hydrogen-bond donors (Lipinski definition) is 0. The number of benzene rings is 3. The predicted octanol–water partition coefficient (Wildman–Crippen LogP) is 7.73. The minimum Gasteiger partial charge on any atom is -0.491 e. The van der Waals surface area contributed by atoms with E-state index in [2.05, 4.69) is 74.2 Å². The minimum atomic E-state index is 0.559. The van der Waals surface area contributed by atoms with Gasteiger partial charge in [0.25, 0.3) is 0 Å². The lowest BCUT2D eigenvalue weighted by molar-refractivity contribution is 0.112. The molecule has 0 spiro atoms. The molecule has 0 saturated heterocycles. The van der Waals surface area contributed by atoms with E-state index in [1.54, 1.807) is 0 Å². The molecule has 0 fully saturated rings. The first-order valence-corrected chi connectivity index (χ1v) is 14.3. The Kier molecular flexibility index (Phi) is 10.9. The highest BCUT2D eigenvalue weighted by Crippen LogP contribution is 2.35. The van der Waals surface area contributed by atoms with Crippen molar-refractivity contribution in [1.29, 1.82) is 0 Å². The molecule has 1 aliphatic rings. The van der Waals surface area contributed by atoms with Crippen LogP contribution >= 0.6 is 11.8 Å². The summed E-state index contributed by atoms with van der Waals surface area (Å²) in [7, 11) is 0. The van der Waals surface area contributed by atoms with Crippen LogP contribution in [-0.4, -0.2) is 44.5 Å². The zero-order valence-electron chi connectivity index (χ0n) is 21.9. The molecule has 0 unspecified atom stereocenters. The number of ether oxygens (including phenoxy) is 3. The van der Waals surface area contributed by atoms with Gasteiger partial charge in [0, 0.05) is 17.1 Å². The van der Waals surface area contributed by atoms with Crippen LogP contribution in [0.4, 0.5) is 0 Å². The smallest absolute Gasteiger partial charge is 0.126 e. The molecule has 4 rings (SSSR count). The van der Waals surface area contributed by atoms with Crippen molar-refractivity contribution in [2.24, 2.45) is 0 Å². The van der Waals surface area contributed by atoms with E-state index in [1.165, 1.54) is 33.4 Å². The van der Waals surface area contributed by atoms with Gasteiger partial charge >= 0.3 is 0 Å². The summed E-state index contributed by atoms with van der Waals surface area (Å²) < 4.78 is 17.7. The maximum Gasteiger partial charge on any atom is 0.126 e. The van der Waals surface area contributed by atoms with Crippen LogP contribution in [0.3, 0.4) is 0 Å². The van der Waals surface area contributed by atoms with Crippen LogP contribution in [0.5, 0.6) is 5.75 Å². The fraction of sp³-hybridized carbons (Fsp3) is 0.333. The monoisotopic (exact) mass is 514 g/mol.